The summed E-state index contributed by atoms with van der Waals surface area (Å²) in [7, 11) is 1.21. The van der Waals surface area contributed by atoms with E-state index in [1.165, 1.54) is 24.5 Å². The lowest BCUT2D eigenvalue weighted by atomic mass is 10.2. The van der Waals surface area contributed by atoms with Crippen LogP contribution in [0.25, 0.3) is 38.5 Å². The molecule has 0 atom stereocenters. The van der Waals surface area contributed by atoms with Crippen molar-refractivity contribution in [3.8, 4) is 16.4 Å². The second-order valence-corrected chi connectivity index (χ2v) is 9.84. The molecule has 0 saturated heterocycles. The third kappa shape index (κ3) is 2.92. The molecule has 0 aliphatic heterocycles. The van der Waals surface area contributed by atoms with Gasteiger partial charge in [-0.25, -0.2) is 22.9 Å². The van der Waals surface area contributed by atoms with Crippen molar-refractivity contribution in [1.29, 1.82) is 0 Å². The number of thiazole rings is 1. The summed E-state index contributed by atoms with van der Waals surface area (Å²) in [5, 5.41) is 0. The van der Waals surface area contributed by atoms with Gasteiger partial charge in [0.1, 0.15) is 0 Å². The number of fused-ring (bicyclic) bond motifs is 2. The minimum absolute atomic E-state index is 0.118. The molecular formula is C20H18N6O3S2. The Morgan fingerprint density at radius 2 is 1.77 bits per heavy atom. The first-order valence-electron chi connectivity index (χ1n) is 9.32. The van der Waals surface area contributed by atoms with Crippen molar-refractivity contribution in [1.82, 2.24) is 28.4 Å². The number of nitrogens with one attached hydrogen (secondary N) is 1. The van der Waals surface area contributed by atoms with E-state index in [0.717, 1.165) is 21.6 Å². The number of rotatable bonds is 4. The molecule has 0 unspecified atom stereocenters. The third-order valence-electron chi connectivity index (χ3n) is 5.37. The summed E-state index contributed by atoms with van der Waals surface area (Å²) in [5.74, 6) is 0.650. The van der Waals surface area contributed by atoms with Crippen LogP contribution in [0.15, 0.2) is 57.8 Å². The molecule has 31 heavy (non-hydrogen) atoms. The molecule has 0 fully saturated rings. The van der Waals surface area contributed by atoms with Crippen molar-refractivity contribution in [2.24, 2.45) is 14.1 Å². The predicted molar refractivity (Wildman–Crippen MR) is 120 cm³/mol. The van der Waals surface area contributed by atoms with Crippen LogP contribution in [0.3, 0.4) is 0 Å². The highest BCUT2D eigenvalue weighted by atomic mass is 32.2. The quantitative estimate of drug-likeness (QED) is 0.449. The van der Waals surface area contributed by atoms with Crippen molar-refractivity contribution >= 4 is 43.4 Å². The first kappa shape index (κ1) is 19.7. The van der Waals surface area contributed by atoms with Gasteiger partial charge in [0.05, 0.1) is 37.3 Å². The van der Waals surface area contributed by atoms with Crippen LogP contribution in [0.2, 0.25) is 0 Å². The molecule has 5 rings (SSSR count). The lowest BCUT2D eigenvalue weighted by molar-refractivity contribution is 0.588. The van der Waals surface area contributed by atoms with Crippen molar-refractivity contribution < 1.29 is 8.42 Å². The Morgan fingerprint density at radius 3 is 2.48 bits per heavy atom. The number of benzene rings is 2. The summed E-state index contributed by atoms with van der Waals surface area (Å²) in [6, 6.07) is 10.5. The maximum atomic E-state index is 12.4. The molecule has 0 aliphatic carbocycles. The van der Waals surface area contributed by atoms with Gasteiger partial charge in [0, 0.05) is 26.0 Å². The molecule has 158 valence electrons. The van der Waals surface area contributed by atoms with E-state index in [0.29, 0.717) is 16.9 Å². The van der Waals surface area contributed by atoms with E-state index >= 15 is 0 Å². The molecule has 11 heteroatoms. The molecule has 5 aromatic rings. The van der Waals surface area contributed by atoms with E-state index in [-0.39, 0.29) is 10.6 Å². The zero-order chi connectivity index (χ0) is 21.9. The minimum Gasteiger partial charge on any atom is -0.295 e. The van der Waals surface area contributed by atoms with Crippen LogP contribution in [0, 0.1) is 0 Å². The smallest absolute Gasteiger partial charge is 0.295 e. The van der Waals surface area contributed by atoms with Gasteiger partial charge in [0.15, 0.2) is 5.82 Å². The van der Waals surface area contributed by atoms with Crippen LogP contribution < -0.4 is 10.4 Å². The number of nitrogens with zero attached hydrogens (tertiary/aromatic N) is 5. The number of imidazole rings is 2. The Labute approximate surface area is 181 Å². The van der Waals surface area contributed by atoms with E-state index in [1.54, 1.807) is 47.1 Å². The summed E-state index contributed by atoms with van der Waals surface area (Å²) < 4.78 is 32.2. The standard InChI is InChI=1S/C20H18N6O3S2/c1-21-31(28,29)13-5-6-14-16(9-13)26(19(23-14)18-10-22-11-30-18)12-4-7-15-17(8-12)25(3)20(27)24(15)2/h4-11,21H,1-3H3. The number of aromatic nitrogens is 5. The molecule has 9 nitrogen and oxygen atoms in total. The first-order chi connectivity index (χ1) is 14.8. The van der Waals surface area contributed by atoms with Crippen LogP contribution in [-0.2, 0) is 24.1 Å². The Balaban J connectivity index is 1.87. The molecule has 0 saturated carbocycles. The summed E-state index contributed by atoms with van der Waals surface area (Å²) in [6.45, 7) is 0. The highest BCUT2D eigenvalue weighted by molar-refractivity contribution is 7.89. The lowest BCUT2D eigenvalue weighted by Crippen LogP contribution is -2.19. The highest BCUT2D eigenvalue weighted by Crippen LogP contribution is 2.32. The van der Waals surface area contributed by atoms with Crippen LogP contribution in [0.4, 0.5) is 0 Å². The van der Waals surface area contributed by atoms with Crippen molar-refractivity contribution in [3.05, 3.63) is 58.6 Å². The van der Waals surface area contributed by atoms with E-state index in [4.69, 9.17) is 4.98 Å². The highest BCUT2D eigenvalue weighted by Gasteiger charge is 2.20. The summed E-state index contributed by atoms with van der Waals surface area (Å²) >= 11 is 1.44. The average molecular weight is 455 g/mol. The Morgan fingerprint density at radius 1 is 1.00 bits per heavy atom. The Bertz CT molecular complexity index is 1630. The fourth-order valence-electron chi connectivity index (χ4n) is 3.73. The number of aryl methyl sites for hydroxylation is 2. The van der Waals surface area contributed by atoms with Crippen LogP contribution in [0.1, 0.15) is 0 Å². The van der Waals surface area contributed by atoms with Gasteiger partial charge in [-0.3, -0.25) is 18.7 Å². The normalized spacial score (nSPS) is 12.2. The van der Waals surface area contributed by atoms with Gasteiger partial charge in [-0.05, 0) is 43.4 Å². The Hall–Kier alpha value is -3.28. The van der Waals surface area contributed by atoms with E-state index in [1.807, 2.05) is 22.8 Å². The van der Waals surface area contributed by atoms with Crippen LogP contribution in [0.5, 0.6) is 0 Å². The van der Waals surface area contributed by atoms with E-state index < -0.39 is 10.0 Å². The summed E-state index contributed by atoms with van der Waals surface area (Å²) in [6.07, 6.45) is 1.73. The second-order valence-electron chi connectivity index (χ2n) is 7.07. The van der Waals surface area contributed by atoms with Gasteiger partial charge in [0.25, 0.3) is 0 Å². The molecule has 0 spiro atoms. The molecule has 0 radical (unpaired) electrons. The fraction of sp³-hybridized carbons (Fsp3) is 0.150. The SMILES string of the molecule is CNS(=O)(=O)c1ccc2nc(-c3cncs3)n(-c3ccc4c(c3)n(C)c(=O)n4C)c2c1. The maximum absolute atomic E-state index is 12.4. The molecule has 3 heterocycles. The molecule has 0 bridgehead atoms. The Kier molecular flexibility index (Phi) is 4.36. The molecule has 3 aromatic heterocycles. The average Bonchev–Trinajstić information content (AvgIpc) is 3.48. The summed E-state index contributed by atoms with van der Waals surface area (Å²) in [5.41, 5.74) is 5.23. The first-order valence-corrected chi connectivity index (χ1v) is 11.7. The molecule has 0 amide bonds. The summed E-state index contributed by atoms with van der Waals surface area (Å²) in [4.78, 5) is 22.3. The van der Waals surface area contributed by atoms with Gasteiger partial charge in [-0.15, -0.1) is 11.3 Å². The largest absolute Gasteiger partial charge is 0.328 e. The maximum Gasteiger partial charge on any atom is 0.328 e. The number of sulfonamides is 1. The fourth-order valence-corrected chi connectivity index (χ4v) is 5.08. The van der Waals surface area contributed by atoms with Gasteiger partial charge in [-0.1, -0.05) is 0 Å². The third-order valence-corrected chi connectivity index (χ3v) is 7.55. The molecular weight excluding hydrogens is 436 g/mol. The zero-order valence-electron chi connectivity index (χ0n) is 16.9. The second kappa shape index (κ2) is 6.87. The van der Waals surface area contributed by atoms with Crippen LogP contribution in [-0.4, -0.2) is 39.1 Å². The van der Waals surface area contributed by atoms with Gasteiger partial charge in [0.2, 0.25) is 10.0 Å². The van der Waals surface area contributed by atoms with Crippen molar-refractivity contribution in [2.45, 2.75) is 4.90 Å². The van der Waals surface area contributed by atoms with Crippen LogP contribution >= 0.6 is 11.3 Å². The van der Waals surface area contributed by atoms with Gasteiger partial charge >= 0.3 is 5.69 Å². The van der Waals surface area contributed by atoms with Gasteiger partial charge < -0.3 is 0 Å². The van der Waals surface area contributed by atoms with E-state index in [2.05, 4.69) is 9.71 Å². The minimum atomic E-state index is -3.63. The predicted octanol–water partition coefficient (Wildman–Crippen LogP) is 2.25. The molecule has 2 aromatic carbocycles. The lowest BCUT2D eigenvalue weighted by Gasteiger charge is -2.10. The van der Waals surface area contributed by atoms with Crippen molar-refractivity contribution in [3.63, 3.8) is 0 Å². The molecule has 0 aliphatic rings. The van der Waals surface area contributed by atoms with E-state index in [9.17, 15) is 13.2 Å². The number of hydrogen-bond acceptors (Lipinski definition) is 6. The number of hydrogen-bond donors (Lipinski definition) is 1. The van der Waals surface area contributed by atoms with Crippen molar-refractivity contribution in [2.75, 3.05) is 7.05 Å². The molecule has 1 N–H and O–H groups in total. The zero-order valence-corrected chi connectivity index (χ0v) is 18.5. The van der Waals surface area contributed by atoms with Gasteiger partial charge in [-0.2, -0.15) is 0 Å². The monoisotopic (exact) mass is 454 g/mol. The topological polar surface area (TPSA) is 104 Å².